The molecule has 2 saturated carbocycles. The topological polar surface area (TPSA) is 26.3 Å². The fraction of sp³-hybridized carbons (Fsp3) is 0.500. The van der Waals surface area contributed by atoms with Gasteiger partial charge in [0.05, 0.1) is 0 Å². The van der Waals surface area contributed by atoms with Gasteiger partial charge in [-0.25, -0.2) is 0 Å². The average Bonchev–Trinajstić information content (AvgIpc) is 2.78. The minimum atomic E-state index is -0.519. The molecule has 3 rings (SSSR count). The summed E-state index contributed by atoms with van der Waals surface area (Å²) in [6.07, 6.45) is 1.63. The van der Waals surface area contributed by atoms with Crippen molar-refractivity contribution in [2.45, 2.75) is 31.3 Å². The molecule has 2 nitrogen and oxygen atoms in total. The molecule has 16 heavy (non-hydrogen) atoms. The van der Waals surface area contributed by atoms with Crippen LogP contribution < -0.4 is 0 Å². The summed E-state index contributed by atoms with van der Waals surface area (Å²) in [5, 5.41) is 0. The lowest BCUT2D eigenvalue weighted by Gasteiger charge is -2.11. The van der Waals surface area contributed by atoms with E-state index in [2.05, 4.69) is 19.1 Å². The second-order valence-electron chi connectivity index (χ2n) is 5.12. The predicted molar refractivity (Wildman–Crippen MR) is 61.3 cm³/mol. The molecular formula is C14H16O2. The molecule has 1 aromatic carbocycles. The van der Waals surface area contributed by atoms with Crippen molar-refractivity contribution in [1.82, 2.24) is 0 Å². The summed E-state index contributed by atoms with van der Waals surface area (Å²) >= 11 is 0. The molecule has 0 bridgehead atoms. The number of ketones is 1. The monoisotopic (exact) mass is 216 g/mol. The van der Waals surface area contributed by atoms with Crippen LogP contribution in [0.2, 0.25) is 0 Å². The summed E-state index contributed by atoms with van der Waals surface area (Å²) in [6, 6.07) is 10.3. The zero-order valence-corrected chi connectivity index (χ0v) is 9.69. The van der Waals surface area contributed by atoms with Gasteiger partial charge in [0.15, 0.2) is 5.78 Å². The van der Waals surface area contributed by atoms with E-state index in [0.29, 0.717) is 6.42 Å². The summed E-state index contributed by atoms with van der Waals surface area (Å²) in [6.45, 7) is 2.18. The zero-order valence-electron chi connectivity index (χ0n) is 9.69. The predicted octanol–water partition coefficient (Wildman–Crippen LogP) is 2.54. The van der Waals surface area contributed by atoms with Crippen LogP contribution in [-0.4, -0.2) is 18.5 Å². The molecule has 0 radical (unpaired) electrons. The van der Waals surface area contributed by atoms with Crippen molar-refractivity contribution in [3.8, 4) is 0 Å². The lowest BCUT2D eigenvalue weighted by molar-refractivity contribution is -0.130. The van der Waals surface area contributed by atoms with Crippen LogP contribution in [0.15, 0.2) is 30.3 Å². The van der Waals surface area contributed by atoms with E-state index >= 15 is 0 Å². The van der Waals surface area contributed by atoms with Crippen molar-refractivity contribution < 1.29 is 9.53 Å². The molecular weight excluding hydrogens is 200 g/mol. The highest BCUT2D eigenvalue weighted by Gasteiger charge is 2.81. The molecule has 0 saturated heterocycles. The van der Waals surface area contributed by atoms with Gasteiger partial charge in [0, 0.05) is 24.9 Å². The molecule has 0 heterocycles. The first-order chi connectivity index (χ1) is 7.67. The van der Waals surface area contributed by atoms with Gasteiger partial charge in [0.1, 0.15) is 5.60 Å². The molecule has 0 N–H and O–H groups in total. The molecule has 0 amide bonds. The van der Waals surface area contributed by atoms with Crippen molar-refractivity contribution in [2.24, 2.45) is 5.41 Å². The summed E-state index contributed by atoms with van der Waals surface area (Å²) in [4.78, 5) is 12.0. The molecule has 3 atom stereocenters. The number of benzene rings is 1. The first kappa shape index (κ1) is 10.0. The van der Waals surface area contributed by atoms with E-state index in [1.807, 2.05) is 18.2 Å². The van der Waals surface area contributed by atoms with Crippen molar-refractivity contribution >= 4 is 5.78 Å². The van der Waals surface area contributed by atoms with Gasteiger partial charge in [-0.2, -0.15) is 0 Å². The largest absolute Gasteiger partial charge is 0.369 e. The maximum absolute atomic E-state index is 12.0. The Hall–Kier alpha value is -1.15. The van der Waals surface area contributed by atoms with Crippen molar-refractivity contribution in [1.29, 1.82) is 0 Å². The maximum atomic E-state index is 12.0. The number of Topliss-reactive ketones (excluding diaryl/α,β-unsaturated/α-hetero) is 1. The van der Waals surface area contributed by atoms with Crippen LogP contribution in [0.25, 0.3) is 0 Å². The van der Waals surface area contributed by atoms with Crippen LogP contribution >= 0.6 is 0 Å². The van der Waals surface area contributed by atoms with Gasteiger partial charge >= 0.3 is 0 Å². The van der Waals surface area contributed by atoms with Gasteiger partial charge in [0.25, 0.3) is 0 Å². The van der Waals surface area contributed by atoms with Crippen molar-refractivity contribution in [3.05, 3.63) is 35.9 Å². The van der Waals surface area contributed by atoms with Crippen LogP contribution in [0.3, 0.4) is 0 Å². The number of hydrogen-bond donors (Lipinski definition) is 0. The highest BCUT2D eigenvalue weighted by Crippen LogP contribution is 2.75. The Morgan fingerprint density at radius 3 is 2.56 bits per heavy atom. The minimum absolute atomic E-state index is 0.0280. The number of ether oxygens (including phenoxy) is 1. The van der Waals surface area contributed by atoms with Crippen LogP contribution in [-0.2, 0) is 9.53 Å². The Morgan fingerprint density at radius 1 is 1.31 bits per heavy atom. The van der Waals surface area contributed by atoms with E-state index < -0.39 is 5.60 Å². The summed E-state index contributed by atoms with van der Waals surface area (Å²) < 4.78 is 5.61. The third-order valence-corrected chi connectivity index (χ3v) is 4.55. The fourth-order valence-electron chi connectivity index (χ4n) is 3.72. The standard InChI is InChI=1S/C14H16O2/c1-13-9-8-11(15)14(13,16-2)12(13)10-6-4-3-5-7-10/h3-7,12H,8-9H2,1-2H3. The Kier molecular flexibility index (Phi) is 1.85. The molecule has 0 spiro atoms. The van der Waals surface area contributed by atoms with E-state index in [-0.39, 0.29) is 17.1 Å². The summed E-state index contributed by atoms with van der Waals surface area (Å²) in [5.41, 5.74) is 0.744. The summed E-state index contributed by atoms with van der Waals surface area (Å²) in [7, 11) is 1.67. The Labute approximate surface area is 95.6 Å². The Balaban J connectivity index is 2.05. The van der Waals surface area contributed by atoms with E-state index in [0.717, 1.165) is 6.42 Å². The quantitative estimate of drug-likeness (QED) is 0.759. The second-order valence-corrected chi connectivity index (χ2v) is 5.12. The molecule has 2 aliphatic rings. The second kappa shape index (κ2) is 2.95. The number of carbonyl (C=O) groups excluding carboxylic acids is 1. The Morgan fingerprint density at radius 2 is 2.00 bits per heavy atom. The molecule has 0 aliphatic heterocycles. The smallest absolute Gasteiger partial charge is 0.165 e. The molecule has 2 aliphatic carbocycles. The lowest BCUT2D eigenvalue weighted by Crippen LogP contribution is -2.26. The zero-order chi connectivity index (χ0) is 11.4. The van der Waals surface area contributed by atoms with E-state index in [4.69, 9.17) is 4.74 Å². The fourth-order valence-corrected chi connectivity index (χ4v) is 3.72. The average molecular weight is 216 g/mol. The van der Waals surface area contributed by atoms with Crippen molar-refractivity contribution in [2.75, 3.05) is 7.11 Å². The first-order valence-electron chi connectivity index (χ1n) is 5.80. The van der Waals surface area contributed by atoms with E-state index in [9.17, 15) is 4.79 Å². The normalized spacial score (nSPS) is 40.9. The molecule has 2 heteroatoms. The highest BCUT2D eigenvalue weighted by atomic mass is 16.5. The third-order valence-electron chi connectivity index (χ3n) is 4.55. The first-order valence-corrected chi connectivity index (χ1v) is 5.80. The molecule has 2 fully saturated rings. The molecule has 0 aromatic heterocycles. The molecule has 3 unspecified atom stereocenters. The summed E-state index contributed by atoms with van der Waals surface area (Å²) in [5.74, 6) is 0.541. The molecule has 1 aromatic rings. The van der Waals surface area contributed by atoms with Crippen LogP contribution in [0, 0.1) is 5.41 Å². The number of rotatable bonds is 2. The van der Waals surface area contributed by atoms with Gasteiger partial charge in [-0.15, -0.1) is 0 Å². The Bertz CT molecular complexity index is 439. The van der Waals surface area contributed by atoms with Crippen LogP contribution in [0.4, 0.5) is 0 Å². The third kappa shape index (κ3) is 0.897. The number of methoxy groups -OCH3 is 1. The van der Waals surface area contributed by atoms with E-state index in [1.165, 1.54) is 5.56 Å². The lowest BCUT2D eigenvalue weighted by atomic mass is 9.97. The number of carbonyl (C=O) groups is 1. The van der Waals surface area contributed by atoms with Gasteiger partial charge in [0.2, 0.25) is 0 Å². The van der Waals surface area contributed by atoms with Crippen LogP contribution in [0.1, 0.15) is 31.2 Å². The van der Waals surface area contributed by atoms with E-state index in [1.54, 1.807) is 7.11 Å². The maximum Gasteiger partial charge on any atom is 0.165 e. The van der Waals surface area contributed by atoms with Gasteiger partial charge in [-0.1, -0.05) is 37.3 Å². The minimum Gasteiger partial charge on any atom is -0.369 e. The number of hydrogen-bond acceptors (Lipinski definition) is 2. The van der Waals surface area contributed by atoms with Gasteiger partial charge in [-0.3, -0.25) is 4.79 Å². The van der Waals surface area contributed by atoms with Gasteiger partial charge in [-0.05, 0) is 12.0 Å². The van der Waals surface area contributed by atoms with Crippen molar-refractivity contribution in [3.63, 3.8) is 0 Å². The SMILES string of the molecule is COC12C(=O)CCC1(C)C2c1ccccc1. The highest BCUT2D eigenvalue weighted by molar-refractivity contribution is 5.97. The van der Waals surface area contributed by atoms with Crippen LogP contribution in [0.5, 0.6) is 0 Å². The van der Waals surface area contributed by atoms with Gasteiger partial charge < -0.3 is 4.74 Å². The number of fused-ring (bicyclic) bond motifs is 1. The molecule has 84 valence electrons.